The molecular weight excluding hydrogens is 308 g/mol. The Balaban J connectivity index is 1.69. The van der Waals surface area contributed by atoms with E-state index in [0.717, 1.165) is 30.2 Å². The van der Waals surface area contributed by atoms with Gasteiger partial charge in [0.15, 0.2) is 0 Å². The summed E-state index contributed by atoms with van der Waals surface area (Å²) in [5.41, 5.74) is 2.23. The van der Waals surface area contributed by atoms with Gasteiger partial charge in [0.25, 0.3) is 5.91 Å². The lowest BCUT2D eigenvalue weighted by Gasteiger charge is -2.27. The summed E-state index contributed by atoms with van der Waals surface area (Å²) < 4.78 is 10.8. The number of nitrogens with zero attached hydrogens (tertiary/aromatic N) is 3. The van der Waals surface area contributed by atoms with E-state index in [4.69, 9.17) is 9.15 Å². The molecule has 3 heterocycles. The van der Waals surface area contributed by atoms with Crippen LogP contribution in [0, 0.1) is 20.8 Å². The monoisotopic (exact) mass is 330 g/mol. The minimum atomic E-state index is -0.159. The van der Waals surface area contributed by atoms with Crippen molar-refractivity contribution in [3.8, 4) is 0 Å². The van der Waals surface area contributed by atoms with Crippen LogP contribution in [0.25, 0.3) is 0 Å². The Morgan fingerprint density at radius 2 is 1.96 bits per heavy atom. The molecule has 7 heteroatoms. The summed E-state index contributed by atoms with van der Waals surface area (Å²) in [7, 11) is 0. The normalized spacial score (nSPS) is 14.7. The van der Waals surface area contributed by atoms with Crippen LogP contribution in [0.3, 0.4) is 0 Å². The molecule has 1 saturated heterocycles. The van der Waals surface area contributed by atoms with Crippen molar-refractivity contribution in [1.82, 2.24) is 15.3 Å². The number of rotatable bonds is 4. The van der Waals surface area contributed by atoms with Gasteiger partial charge in [0.2, 0.25) is 5.95 Å². The van der Waals surface area contributed by atoms with Crippen molar-refractivity contribution >= 4 is 11.9 Å². The Morgan fingerprint density at radius 1 is 1.21 bits per heavy atom. The van der Waals surface area contributed by atoms with Crippen molar-refractivity contribution in [1.29, 1.82) is 0 Å². The molecule has 0 unspecified atom stereocenters. The highest BCUT2D eigenvalue weighted by atomic mass is 16.5. The van der Waals surface area contributed by atoms with Crippen molar-refractivity contribution in [3.05, 3.63) is 40.6 Å². The van der Waals surface area contributed by atoms with Crippen LogP contribution in [0.5, 0.6) is 0 Å². The van der Waals surface area contributed by atoms with Gasteiger partial charge in [-0.2, -0.15) is 0 Å². The quantitative estimate of drug-likeness (QED) is 0.920. The van der Waals surface area contributed by atoms with Gasteiger partial charge >= 0.3 is 0 Å². The molecular formula is C17H22N4O3. The molecule has 1 amide bonds. The Bertz CT molecular complexity index is 735. The third-order valence-corrected chi connectivity index (χ3v) is 3.91. The second kappa shape index (κ2) is 7.00. The number of hydrogen-bond acceptors (Lipinski definition) is 6. The highest BCUT2D eigenvalue weighted by Gasteiger charge is 2.16. The zero-order chi connectivity index (χ0) is 17.1. The highest BCUT2D eigenvalue weighted by Crippen LogP contribution is 2.15. The lowest BCUT2D eigenvalue weighted by atomic mass is 10.2. The molecule has 0 aliphatic carbocycles. The second-order valence-corrected chi connectivity index (χ2v) is 5.91. The first-order valence-electron chi connectivity index (χ1n) is 8.05. The fourth-order valence-electron chi connectivity index (χ4n) is 2.73. The van der Waals surface area contributed by atoms with E-state index in [1.807, 2.05) is 19.9 Å². The van der Waals surface area contributed by atoms with Gasteiger partial charge in [0.05, 0.1) is 31.0 Å². The summed E-state index contributed by atoms with van der Waals surface area (Å²) in [6.07, 6.45) is 0. The van der Waals surface area contributed by atoms with Crippen molar-refractivity contribution in [2.24, 2.45) is 0 Å². The van der Waals surface area contributed by atoms with Gasteiger partial charge in [-0.05, 0) is 32.9 Å². The molecule has 1 aliphatic rings. The number of hydrogen-bond donors (Lipinski definition) is 1. The van der Waals surface area contributed by atoms with Gasteiger partial charge in [0, 0.05) is 18.8 Å². The molecule has 0 spiro atoms. The minimum Gasteiger partial charge on any atom is -0.466 e. The highest BCUT2D eigenvalue weighted by molar-refractivity contribution is 5.95. The number of morpholine rings is 1. The molecule has 7 nitrogen and oxygen atoms in total. The van der Waals surface area contributed by atoms with Gasteiger partial charge in [-0.15, -0.1) is 0 Å². The fourth-order valence-corrected chi connectivity index (χ4v) is 2.73. The number of aromatic nitrogens is 2. The van der Waals surface area contributed by atoms with Crippen LogP contribution in [0.1, 0.15) is 33.3 Å². The van der Waals surface area contributed by atoms with Crippen LogP contribution in [0.15, 0.2) is 16.5 Å². The van der Waals surface area contributed by atoms with E-state index in [1.54, 1.807) is 13.0 Å². The van der Waals surface area contributed by atoms with Crippen LogP contribution < -0.4 is 10.2 Å². The predicted molar refractivity (Wildman–Crippen MR) is 89.2 cm³/mol. The van der Waals surface area contributed by atoms with Crippen molar-refractivity contribution in [2.75, 3.05) is 31.2 Å². The molecule has 1 aliphatic heterocycles. The van der Waals surface area contributed by atoms with E-state index in [1.165, 1.54) is 0 Å². The molecule has 1 fully saturated rings. The summed E-state index contributed by atoms with van der Waals surface area (Å²) in [5, 5.41) is 2.89. The topological polar surface area (TPSA) is 80.5 Å². The average Bonchev–Trinajstić information content (AvgIpc) is 2.91. The summed E-state index contributed by atoms with van der Waals surface area (Å²) in [4.78, 5) is 23.4. The number of carbonyl (C=O) groups excluding carboxylic acids is 1. The molecule has 0 aromatic carbocycles. The van der Waals surface area contributed by atoms with Gasteiger partial charge in [-0.3, -0.25) is 4.79 Å². The standard InChI is InChI=1S/C17H22N4O3/c1-11-8-14(20-17(19-11)21-4-6-23-7-5-21)10-18-16(22)15-9-12(2)24-13(15)3/h8-9H,4-7,10H2,1-3H3,(H,18,22). The van der Waals surface area contributed by atoms with E-state index < -0.39 is 0 Å². The molecule has 2 aromatic rings. The summed E-state index contributed by atoms with van der Waals surface area (Å²) in [6, 6.07) is 3.63. The van der Waals surface area contributed by atoms with Crippen molar-refractivity contribution < 1.29 is 13.9 Å². The average molecular weight is 330 g/mol. The largest absolute Gasteiger partial charge is 0.466 e. The van der Waals surface area contributed by atoms with Crippen LogP contribution in [-0.2, 0) is 11.3 Å². The second-order valence-electron chi connectivity index (χ2n) is 5.91. The predicted octanol–water partition coefficient (Wildman–Crippen LogP) is 1.76. The Kier molecular flexibility index (Phi) is 4.80. The van der Waals surface area contributed by atoms with Crippen molar-refractivity contribution in [3.63, 3.8) is 0 Å². The molecule has 1 N–H and O–H groups in total. The number of ether oxygens (including phenoxy) is 1. The van der Waals surface area contributed by atoms with Crippen LogP contribution >= 0.6 is 0 Å². The lowest BCUT2D eigenvalue weighted by molar-refractivity contribution is 0.0949. The molecule has 3 rings (SSSR count). The van der Waals surface area contributed by atoms with Crippen molar-refractivity contribution in [2.45, 2.75) is 27.3 Å². The number of aryl methyl sites for hydroxylation is 3. The van der Waals surface area contributed by atoms with Crippen LogP contribution in [-0.4, -0.2) is 42.2 Å². The van der Waals surface area contributed by atoms with Gasteiger partial charge in [-0.25, -0.2) is 9.97 Å². The van der Waals surface area contributed by atoms with E-state index in [9.17, 15) is 4.79 Å². The minimum absolute atomic E-state index is 0.159. The fraction of sp³-hybridized carbons (Fsp3) is 0.471. The molecule has 2 aromatic heterocycles. The van der Waals surface area contributed by atoms with E-state index >= 15 is 0 Å². The Morgan fingerprint density at radius 3 is 2.62 bits per heavy atom. The number of nitrogens with one attached hydrogen (secondary N) is 1. The Labute approximate surface area is 141 Å². The third kappa shape index (κ3) is 3.73. The van der Waals surface area contributed by atoms with Gasteiger partial charge in [-0.1, -0.05) is 0 Å². The first kappa shape index (κ1) is 16.4. The zero-order valence-corrected chi connectivity index (χ0v) is 14.3. The summed E-state index contributed by atoms with van der Waals surface area (Å²) in [6.45, 7) is 8.82. The van der Waals surface area contributed by atoms with E-state index in [-0.39, 0.29) is 5.91 Å². The number of amides is 1. The number of anilines is 1. The van der Waals surface area contributed by atoms with Gasteiger partial charge < -0.3 is 19.4 Å². The molecule has 128 valence electrons. The third-order valence-electron chi connectivity index (χ3n) is 3.91. The molecule has 0 radical (unpaired) electrons. The van der Waals surface area contributed by atoms with Gasteiger partial charge in [0.1, 0.15) is 11.5 Å². The molecule has 0 atom stereocenters. The van der Waals surface area contributed by atoms with Crippen LogP contribution in [0.4, 0.5) is 5.95 Å². The smallest absolute Gasteiger partial charge is 0.255 e. The molecule has 0 bridgehead atoms. The zero-order valence-electron chi connectivity index (χ0n) is 14.3. The maximum Gasteiger partial charge on any atom is 0.255 e. The Hall–Kier alpha value is -2.41. The first-order valence-corrected chi connectivity index (χ1v) is 8.05. The maximum absolute atomic E-state index is 12.3. The number of carbonyl (C=O) groups is 1. The SMILES string of the molecule is Cc1cc(CNC(=O)c2cc(C)oc2C)nc(N2CCOCC2)n1. The molecule has 0 saturated carbocycles. The summed E-state index contributed by atoms with van der Waals surface area (Å²) >= 11 is 0. The number of furan rings is 1. The molecule has 24 heavy (non-hydrogen) atoms. The van der Waals surface area contributed by atoms with E-state index in [2.05, 4.69) is 20.2 Å². The van der Waals surface area contributed by atoms with E-state index in [0.29, 0.717) is 37.0 Å². The maximum atomic E-state index is 12.3. The lowest BCUT2D eigenvalue weighted by Crippen LogP contribution is -2.37. The first-order chi connectivity index (χ1) is 11.5. The van der Waals surface area contributed by atoms with Crippen LogP contribution in [0.2, 0.25) is 0 Å². The summed E-state index contributed by atoms with van der Waals surface area (Å²) in [5.74, 6) is 1.88.